The molecule has 162 valence electrons. The lowest BCUT2D eigenvalue weighted by Crippen LogP contribution is -2.14. The molecule has 6 nitrogen and oxygen atoms in total. The number of pyridine rings is 1. The van der Waals surface area contributed by atoms with Crippen molar-refractivity contribution >= 4 is 51.3 Å². The van der Waals surface area contributed by atoms with Gasteiger partial charge in [0.1, 0.15) is 11.1 Å². The van der Waals surface area contributed by atoms with Gasteiger partial charge in [-0.05, 0) is 36.8 Å². The molecular formula is C19H15ClF3N5OS2. The van der Waals surface area contributed by atoms with Crippen LogP contribution in [0.3, 0.4) is 0 Å². The van der Waals surface area contributed by atoms with E-state index in [9.17, 15) is 23.2 Å². The van der Waals surface area contributed by atoms with E-state index in [1.165, 1.54) is 11.3 Å². The molecule has 0 bridgehead atoms. The first-order chi connectivity index (χ1) is 14.7. The Morgan fingerprint density at radius 1 is 1.48 bits per heavy atom. The number of hydrogen-bond acceptors (Lipinski definition) is 6. The van der Waals surface area contributed by atoms with Crippen molar-refractivity contribution in [1.29, 1.82) is 5.26 Å². The molecule has 3 aromatic heterocycles. The molecule has 0 spiro atoms. The van der Waals surface area contributed by atoms with Crippen LogP contribution in [-0.4, -0.2) is 26.3 Å². The monoisotopic (exact) mass is 485 g/mol. The molecule has 0 saturated heterocycles. The molecule has 0 saturated carbocycles. The highest BCUT2D eigenvalue weighted by Crippen LogP contribution is 2.39. The van der Waals surface area contributed by atoms with Crippen LogP contribution in [-0.2, 0) is 23.8 Å². The van der Waals surface area contributed by atoms with Crippen LogP contribution in [0.2, 0.25) is 5.02 Å². The van der Waals surface area contributed by atoms with E-state index in [2.05, 4.69) is 28.5 Å². The summed E-state index contributed by atoms with van der Waals surface area (Å²) >= 11 is 8.25. The van der Waals surface area contributed by atoms with Gasteiger partial charge >= 0.3 is 6.18 Å². The van der Waals surface area contributed by atoms with Crippen molar-refractivity contribution in [2.24, 2.45) is 5.92 Å². The highest BCUT2D eigenvalue weighted by Gasteiger charge is 2.32. The Bertz CT molecular complexity index is 1210. The van der Waals surface area contributed by atoms with Crippen LogP contribution >= 0.6 is 34.7 Å². The number of nitriles is 1. The minimum Gasteiger partial charge on any atom is -0.316 e. The standard InChI is InChI=1S/C19H15ClF3N5OS2/c1-9-2-3-11-12(6-24)17(31-14(11)4-9)25-15(29)8-30-18-27-26-16-13(20)5-10(7-28(16)18)19(21,22)23/h5,7,9H,2-4,8H2,1H3,(H,25,29). The zero-order valence-electron chi connectivity index (χ0n) is 16.1. The number of thioether (sulfide) groups is 1. The zero-order valence-corrected chi connectivity index (χ0v) is 18.5. The van der Waals surface area contributed by atoms with E-state index < -0.39 is 11.7 Å². The fraction of sp³-hybridized carbons (Fsp3) is 0.368. The van der Waals surface area contributed by atoms with E-state index in [0.717, 1.165) is 58.1 Å². The number of halogens is 4. The highest BCUT2D eigenvalue weighted by atomic mass is 35.5. The van der Waals surface area contributed by atoms with Crippen LogP contribution < -0.4 is 5.32 Å². The molecule has 0 radical (unpaired) electrons. The normalized spacial score (nSPS) is 16.2. The summed E-state index contributed by atoms with van der Waals surface area (Å²) in [6.07, 6.45) is -1.03. The quantitative estimate of drug-likeness (QED) is 0.514. The van der Waals surface area contributed by atoms with Crippen molar-refractivity contribution in [3.63, 3.8) is 0 Å². The van der Waals surface area contributed by atoms with Crippen LogP contribution in [0, 0.1) is 17.2 Å². The van der Waals surface area contributed by atoms with Crippen LogP contribution in [0.4, 0.5) is 18.2 Å². The molecule has 1 unspecified atom stereocenters. The number of fused-ring (bicyclic) bond motifs is 2. The fourth-order valence-electron chi connectivity index (χ4n) is 3.44. The topological polar surface area (TPSA) is 83.1 Å². The molecule has 1 N–H and O–H groups in total. The smallest absolute Gasteiger partial charge is 0.316 e. The summed E-state index contributed by atoms with van der Waals surface area (Å²) < 4.78 is 40.3. The predicted octanol–water partition coefficient (Wildman–Crippen LogP) is 5.19. The molecule has 0 fully saturated rings. The van der Waals surface area contributed by atoms with Gasteiger partial charge in [0.15, 0.2) is 10.8 Å². The van der Waals surface area contributed by atoms with Crippen molar-refractivity contribution in [2.45, 2.75) is 37.5 Å². The summed E-state index contributed by atoms with van der Waals surface area (Å²) in [4.78, 5) is 13.6. The van der Waals surface area contributed by atoms with E-state index in [-0.39, 0.29) is 27.5 Å². The van der Waals surface area contributed by atoms with Gasteiger partial charge in [0.05, 0.1) is 21.9 Å². The maximum absolute atomic E-state index is 13.1. The molecule has 1 aliphatic rings. The summed E-state index contributed by atoms with van der Waals surface area (Å²) in [5.74, 6) is 0.0350. The van der Waals surface area contributed by atoms with E-state index in [0.29, 0.717) is 16.5 Å². The minimum atomic E-state index is -4.58. The van der Waals surface area contributed by atoms with Crippen molar-refractivity contribution in [2.75, 3.05) is 11.1 Å². The summed E-state index contributed by atoms with van der Waals surface area (Å²) in [7, 11) is 0. The number of alkyl halides is 3. The summed E-state index contributed by atoms with van der Waals surface area (Å²) in [6.45, 7) is 2.16. The number of aromatic nitrogens is 3. The maximum atomic E-state index is 13.1. The van der Waals surface area contributed by atoms with Gasteiger partial charge in [-0.3, -0.25) is 9.20 Å². The molecule has 12 heteroatoms. The average molecular weight is 486 g/mol. The van der Waals surface area contributed by atoms with E-state index >= 15 is 0 Å². The lowest BCUT2D eigenvalue weighted by atomic mass is 9.89. The molecule has 31 heavy (non-hydrogen) atoms. The molecule has 1 atom stereocenters. The van der Waals surface area contributed by atoms with E-state index in [4.69, 9.17) is 11.6 Å². The minimum absolute atomic E-state index is 0.0735. The molecule has 1 aliphatic carbocycles. The number of carbonyl (C=O) groups is 1. The number of nitrogens with zero attached hydrogens (tertiary/aromatic N) is 4. The average Bonchev–Trinajstić information content (AvgIpc) is 3.26. The Morgan fingerprint density at radius 3 is 2.97 bits per heavy atom. The predicted molar refractivity (Wildman–Crippen MR) is 113 cm³/mol. The second-order valence-electron chi connectivity index (χ2n) is 7.26. The Labute approximate surface area is 188 Å². The molecule has 0 aromatic carbocycles. The van der Waals surface area contributed by atoms with Gasteiger partial charge in [-0.1, -0.05) is 30.3 Å². The van der Waals surface area contributed by atoms with E-state index in [1.54, 1.807) is 0 Å². The number of thiophene rings is 1. The second kappa shape index (κ2) is 8.33. The van der Waals surface area contributed by atoms with E-state index in [1.807, 2.05) is 0 Å². The molecular weight excluding hydrogens is 471 g/mol. The lowest BCUT2D eigenvalue weighted by Gasteiger charge is -2.17. The summed E-state index contributed by atoms with van der Waals surface area (Å²) in [5, 5.41) is 20.4. The molecule has 4 rings (SSSR count). The van der Waals surface area contributed by atoms with Gasteiger partial charge in [-0.2, -0.15) is 18.4 Å². The van der Waals surface area contributed by atoms with Crippen molar-refractivity contribution < 1.29 is 18.0 Å². The van der Waals surface area contributed by atoms with Gasteiger partial charge < -0.3 is 5.32 Å². The molecule has 1 amide bonds. The first-order valence-electron chi connectivity index (χ1n) is 9.26. The van der Waals surface area contributed by atoms with Crippen LogP contribution in [0.1, 0.15) is 34.9 Å². The third-order valence-corrected chi connectivity index (χ3v) is 7.36. The van der Waals surface area contributed by atoms with Crippen LogP contribution in [0.25, 0.3) is 5.65 Å². The number of nitrogens with one attached hydrogen (secondary N) is 1. The van der Waals surface area contributed by atoms with Crippen molar-refractivity contribution in [1.82, 2.24) is 14.6 Å². The zero-order chi connectivity index (χ0) is 22.3. The third kappa shape index (κ3) is 4.37. The Balaban J connectivity index is 1.51. The Hall–Kier alpha value is -2.29. The SMILES string of the molecule is CC1CCc2c(sc(NC(=O)CSc3nnc4c(Cl)cc(C(F)(F)F)cn34)c2C#N)C1. The largest absolute Gasteiger partial charge is 0.417 e. The van der Waals surface area contributed by atoms with Gasteiger partial charge in [0.25, 0.3) is 0 Å². The lowest BCUT2D eigenvalue weighted by molar-refractivity contribution is -0.137. The first kappa shape index (κ1) is 21.9. The van der Waals surface area contributed by atoms with Crippen LogP contribution in [0.15, 0.2) is 17.4 Å². The highest BCUT2D eigenvalue weighted by molar-refractivity contribution is 7.99. The second-order valence-corrected chi connectivity index (χ2v) is 9.71. The fourth-order valence-corrected chi connectivity index (χ4v) is 5.77. The number of anilines is 1. The number of rotatable bonds is 4. The number of amides is 1. The van der Waals surface area contributed by atoms with Crippen molar-refractivity contribution in [3.8, 4) is 6.07 Å². The van der Waals surface area contributed by atoms with Crippen molar-refractivity contribution in [3.05, 3.63) is 38.9 Å². The Kier molecular flexibility index (Phi) is 5.89. The maximum Gasteiger partial charge on any atom is 0.417 e. The van der Waals surface area contributed by atoms with Crippen LogP contribution in [0.5, 0.6) is 0 Å². The summed E-state index contributed by atoms with van der Waals surface area (Å²) in [6, 6.07) is 2.97. The van der Waals surface area contributed by atoms with Gasteiger partial charge in [-0.15, -0.1) is 21.5 Å². The number of hydrogen-bond donors (Lipinski definition) is 1. The Morgan fingerprint density at radius 2 is 2.26 bits per heavy atom. The first-order valence-corrected chi connectivity index (χ1v) is 11.4. The summed E-state index contributed by atoms with van der Waals surface area (Å²) in [5.41, 5.74) is 0.642. The molecule has 3 heterocycles. The number of carbonyl (C=O) groups excluding carboxylic acids is 1. The van der Waals surface area contributed by atoms with Gasteiger partial charge in [0, 0.05) is 11.1 Å². The third-order valence-electron chi connectivity index (χ3n) is 4.96. The molecule has 0 aliphatic heterocycles. The van der Waals surface area contributed by atoms with Gasteiger partial charge in [0.2, 0.25) is 5.91 Å². The molecule has 3 aromatic rings. The van der Waals surface area contributed by atoms with Gasteiger partial charge in [-0.25, -0.2) is 0 Å².